The molecular formula is C22H22ClN3O2S. The topological polar surface area (TPSA) is 74.8 Å². The first-order valence-electron chi connectivity index (χ1n) is 9.15. The molecule has 0 aliphatic heterocycles. The fourth-order valence-electron chi connectivity index (χ4n) is 3.15. The summed E-state index contributed by atoms with van der Waals surface area (Å²) >= 11 is 7.40. The van der Waals surface area contributed by atoms with Crippen LogP contribution in [0.3, 0.4) is 0 Å². The van der Waals surface area contributed by atoms with Gasteiger partial charge in [-0.1, -0.05) is 53.2 Å². The number of amides is 1. The SMILES string of the molecule is Cc1cc(C)c(NC(=O)Cc2cc(=O)[nH]c(SCc3cccc(Cl)c3)n2)c(C)c1. The van der Waals surface area contributed by atoms with Crippen LogP contribution in [0.25, 0.3) is 0 Å². The Morgan fingerprint density at radius 1 is 1.14 bits per heavy atom. The molecule has 150 valence electrons. The van der Waals surface area contributed by atoms with Gasteiger partial charge in [-0.05, 0) is 49.6 Å². The van der Waals surface area contributed by atoms with Gasteiger partial charge < -0.3 is 10.3 Å². The minimum atomic E-state index is -0.279. The molecule has 0 bridgehead atoms. The number of benzene rings is 2. The highest BCUT2D eigenvalue weighted by Gasteiger charge is 2.11. The summed E-state index contributed by atoms with van der Waals surface area (Å²) in [5, 5.41) is 4.08. The lowest BCUT2D eigenvalue weighted by Gasteiger charge is -2.13. The van der Waals surface area contributed by atoms with Crippen molar-refractivity contribution in [1.82, 2.24) is 9.97 Å². The third-order valence-electron chi connectivity index (χ3n) is 4.32. The van der Waals surface area contributed by atoms with Crippen LogP contribution in [0.2, 0.25) is 5.02 Å². The van der Waals surface area contributed by atoms with Crippen LogP contribution in [0.15, 0.2) is 52.4 Å². The summed E-state index contributed by atoms with van der Waals surface area (Å²) in [7, 11) is 0. The minimum Gasteiger partial charge on any atom is -0.325 e. The summed E-state index contributed by atoms with van der Waals surface area (Å²) in [6, 6.07) is 12.9. The van der Waals surface area contributed by atoms with Gasteiger partial charge in [0.15, 0.2) is 5.16 Å². The predicted molar refractivity (Wildman–Crippen MR) is 119 cm³/mol. The van der Waals surface area contributed by atoms with Crippen LogP contribution in [-0.2, 0) is 17.0 Å². The second-order valence-electron chi connectivity index (χ2n) is 6.96. The Balaban J connectivity index is 1.69. The zero-order valence-electron chi connectivity index (χ0n) is 16.5. The van der Waals surface area contributed by atoms with E-state index in [-0.39, 0.29) is 17.9 Å². The highest BCUT2D eigenvalue weighted by Crippen LogP contribution is 2.23. The van der Waals surface area contributed by atoms with Gasteiger partial charge in [0, 0.05) is 22.5 Å². The third kappa shape index (κ3) is 5.95. The van der Waals surface area contributed by atoms with E-state index < -0.39 is 0 Å². The van der Waals surface area contributed by atoms with Gasteiger partial charge in [-0.2, -0.15) is 0 Å². The van der Waals surface area contributed by atoms with Crippen molar-refractivity contribution >= 4 is 35.0 Å². The average Bonchev–Trinajstić information content (AvgIpc) is 2.62. The maximum Gasteiger partial charge on any atom is 0.251 e. The number of hydrogen-bond acceptors (Lipinski definition) is 4. The van der Waals surface area contributed by atoms with E-state index in [2.05, 4.69) is 15.3 Å². The maximum absolute atomic E-state index is 12.5. The zero-order chi connectivity index (χ0) is 21.0. The number of thioether (sulfide) groups is 1. The molecule has 0 saturated carbocycles. The standard InChI is InChI=1S/C22H22ClN3O2S/c1-13-7-14(2)21(15(3)8-13)25-19(27)10-18-11-20(28)26-22(24-18)29-12-16-5-4-6-17(23)9-16/h4-9,11H,10,12H2,1-3H3,(H,25,27)(H,24,26,28). The van der Waals surface area contributed by atoms with Gasteiger partial charge in [0.05, 0.1) is 12.1 Å². The minimum absolute atomic E-state index is 0.0292. The summed E-state index contributed by atoms with van der Waals surface area (Å²) in [5.41, 5.74) is 5.15. The van der Waals surface area contributed by atoms with E-state index in [0.29, 0.717) is 21.6 Å². The molecule has 29 heavy (non-hydrogen) atoms. The van der Waals surface area contributed by atoms with Crippen LogP contribution < -0.4 is 10.9 Å². The largest absolute Gasteiger partial charge is 0.325 e. The zero-order valence-corrected chi connectivity index (χ0v) is 18.1. The number of carbonyl (C=O) groups is 1. The van der Waals surface area contributed by atoms with Crippen LogP contribution in [0.4, 0.5) is 5.69 Å². The highest BCUT2D eigenvalue weighted by atomic mass is 35.5. The normalized spacial score (nSPS) is 10.8. The Morgan fingerprint density at radius 3 is 2.55 bits per heavy atom. The van der Waals surface area contributed by atoms with Gasteiger partial charge in [-0.3, -0.25) is 9.59 Å². The van der Waals surface area contributed by atoms with Gasteiger partial charge >= 0.3 is 0 Å². The van der Waals surface area contributed by atoms with E-state index in [0.717, 1.165) is 27.9 Å². The van der Waals surface area contributed by atoms with Gasteiger partial charge in [0.1, 0.15) is 0 Å². The monoisotopic (exact) mass is 427 g/mol. The number of anilines is 1. The summed E-state index contributed by atoms with van der Waals surface area (Å²) in [6.07, 6.45) is 0.0292. The molecule has 0 saturated heterocycles. The van der Waals surface area contributed by atoms with Gasteiger partial charge in [-0.25, -0.2) is 4.98 Å². The number of aryl methyl sites for hydroxylation is 3. The van der Waals surface area contributed by atoms with Crippen molar-refractivity contribution in [3.8, 4) is 0 Å². The molecule has 0 spiro atoms. The molecule has 7 heteroatoms. The molecular weight excluding hydrogens is 406 g/mol. The molecule has 2 N–H and O–H groups in total. The highest BCUT2D eigenvalue weighted by molar-refractivity contribution is 7.98. The van der Waals surface area contributed by atoms with Crippen molar-refractivity contribution < 1.29 is 4.79 Å². The Labute approximate surface area is 178 Å². The fraction of sp³-hybridized carbons (Fsp3) is 0.227. The van der Waals surface area contributed by atoms with Crippen LogP contribution in [0, 0.1) is 20.8 Å². The molecule has 5 nitrogen and oxygen atoms in total. The number of aromatic amines is 1. The molecule has 0 radical (unpaired) electrons. The van der Waals surface area contributed by atoms with Gasteiger partial charge in [-0.15, -0.1) is 0 Å². The molecule has 0 atom stereocenters. The lowest BCUT2D eigenvalue weighted by molar-refractivity contribution is -0.115. The lowest BCUT2D eigenvalue weighted by atomic mass is 10.0. The molecule has 1 amide bonds. The smallest absolute Gasteiger partial charge is 0.251 e. The van der Waals surface area contributed by atoms with E-state index in [4.69, 9.17) is 11.6 Å². The van der Waals surface area contributed by atoms with Crippen molar-refractivity contribution in [2.24, 2.45) is 0 Å². The number of rotatable bonds is 6. The van der Waals surface area contributed by atoms with Crippen molar-refractivity contribution in [3.05, 3.63) is 85.8 Å². The lowest BCUT2D eigenvalue weighted by Crippen LogP contribution is -2.19. The first-order chi connectivity index (χ1) is 13.8. The Kier molecular flexibility index (Phi) is 6.77. The Hall–Kier alpha value is -2.57. The van der Waals surface area contributed by atoms with Crippen molar-refractivity contribution in [2.75, 3.05) is 5.32 Å². The van der Waals surface area contributed by atoms with Crippen LogP contribution >= 0.6 is 23.4 Å². The first kappa shape index (κ1) is 21.1. The second-order valence-corrected chi connectivity index (χ2v) is 8.36. The van der Waals surface area contributed by atoms with Crippen LogP contribution in [-0.4, -0.2) is 15.9 Å². The van der Waals surface area contributed by atoms with E-state index >= 15 is 0 Å². The Morgan fingerprint density at radius 2 is 1.86 bits per heavy atom. The first-order valence-corrected chi connectivity index (χ1v) is 10.5. The number of nitrogens with one attached hydrogen (secondary N) is 2. The molecule has 0 aliphatic rings. The summed E-state index contributed by atoms with van der Waals surface area (Å²) in [4.78, 5) is 31.7. The molecule has 1 aromatic heterocycles. The van der Waals surface area contributed by atoms with Crippen molar-refractivity contribution in [3.63, 3.8) is 0 Å². The number of aromatic nitrogens is 2. The molecule has 0 unspecified atom stereocenters. The third-order valence-corrected chi connectivity index (χ3v) is 5.50. The van der Waals surface area contributed by atoms with Crippen molar-refractivity contribution in [2.45, 2.75) is 38.1 Å². The predicted octanol–water partition coefficient (Wildman–Crippen LogP) is 4.82. The number of halogens is 1. The number of hydrogen-bond donors (Lipinski definition) is 2. The van der Waals surface area contributed by atoms with E-state index in [1.165, 1.54) is 17.8 Å². The molecule has 3 aromatic rings. The van der Waals surface area contributed by atoms with E-state index in [1.54, 1.807) is 0 Å². The van der Waals surface area contributed by atoms with Gasteiger partial charge in [0.25, 0.3) is 5.56 Å². The average molecular weight is 428 g/mol. The quantitative estimate of drug-likeness (QED) is 0.436. The fourth-order valence-corrected chi connectivity index (χ4v) is 4.20. The van der Waals surface area contributed by atoms with E-state index in [9.17, 15) is 9.59 Å². The molecule has 0 aliphatic carbocycles. The number of H-pyrrole nitrogens is 1. The molecule has 0 fully saturated rings. The van der Waals surface area contributed by atoms with Gasteiger partial charge in [0.2, 0.25) is 5.91 Å². The number of carbonyl (C=O) groups excluding carboxylic acids is 1. The molecule has 3 rings (SSSR count). The Bertz CT molecular complexity index is 1090. The summed E-state index contributed by atoms with van der Waals surface area (Å²) < 4.78 is 0. The van der Waals surface area contributed by atoms with Crippen LogP contribution in [0.1, 0.15) is 27.9 Å². The van der Waals surface area contributed by atoms with E-state index in [1.807, 2.05) is 57.2 Å². The van der Waals surface area contributed by atoms with Crippen LogP contribution in [0.5, 0.6) is 0 Å². The summed E-state index contributed by atoms with van der Waals surface area (Å²) in [5.74, 6) is 0.407. The molecule has 2 aromatic carbocycles. The summed E-state index contributed by atoms with van der Waals surface area (Å²) in [6.45, 7) is 5.95. The second kappa shape index (κ2) is 9.29. The maximum atomic E-state index is 12.5. The number of nitrogens with zero attached hydrogens (tertiary/aromatic N) is 1. The van der Waals surface area contributed by atoms with Crippen molar-refractivity contribution in [1.29, 1.82) is 0 Å². The molecule has 1 heterocycles.